The molecule has 1 aliphatic rings. The molecule has 1 unspecified atom stereocenters. The number of fused-ring (bicyclic) bond motifs is 1. The van der Waals surface area contributed by atoms with Gasteiger partial charge in [-0.2, -0.15) is 0 Å². The molecule has 0 spiro atoms. The number of hydrogen-bond acceptors (Lipinski definition) is 9. The Morgan fingerprint density at radius 3 is 2.46 bits per heavy atom. The van der Waals surface area contributed by atoms with Gasteiger partial charge in [0, 0.05) is 42.0 Å². The number of amides is 2. The second kappa shape index (κ2) is 9.46. The lowest BCUT2D eigenvalue weighted by Crippen LogP contribution is -2.30. The molecule has 2 aromatic carbocycles. The van der Waals surface area contributed by atoms with Crippen LogP contribution in [0.4, 0.5) is 16.5 Å². The molecule has 0 radical (unpaired) electrons. The normalized spacial score (nSPS) is 14.4. The van der Waals surface area contributed by atoms with Gasteiger partial charge >= 0.3 is 0 Å². The minimum atomic E-state index is -0.769. The standard InChI is InChI=1S/C22H19N5O7S/c1-11-18(26(30)31)8-14(9-19(11)27(32)33)21(29)25-22-24-17(10-35-22)13-3-4-20-15(7-13)16(5-6-34-20)23-12(2)28/h3-4,7-10,16H,5-6H2,1-2H3,(H,23,28)(H,24,25,29). The lowest BCUT2D eigenvalue weighted by Gasteiger charge is -2.26. The summed E-state index contributed by atoms with van der Waals surface area (Å²) < 4.78 is 5.67. The van der Waals surface area contributed by atoms with Crippen LogP contribution in [0.1, 0.15) is 40.9 Å². The summed E-state index contributed by atoms with van der Waals surface area (Å²) in [6.07, 6.45) is 0.628. The van der Waals surface area contributed by atoms with Gasteiger partial charge < -0.3 is 10.1 Å². The fraction of sp³-hybridized carbons (Fsp3) is 0.227. The van der Waals surface area contributed by atoms with Crippen molar-refractivity contribution >= 4 is 39.7 Å². The molecule has 2 amide bonds. The number of benzene rings is 2. The Morgan fingerprint density at radius 2 is 1.83 bits per heavy atom. The van der Waals surface area contributed by atoms with Gasteiger partial charge in [-0.05, 0) is 25.1 Å². The van der Waals surface area contributed by atoms with Gasteiger partial charge in [-0.15, -0.1) is 11.3 Å². The number of hydrogen-bond donors (Lipinski definition) is 2. The van der Waals surface area contributed by atoms with Gasteiger partial charge in [-0.25, -0.2) is 4.98 Å². The van der Waals surface area contributed by atoms with Gasteiger partial charge in [0.15, 0.2) is 5.13 Å². The number of ether oxygens (including phenoxy) is 1. The Balaban J connectivity index is 1.59. The van der Waals surface area contributed by atoms with Crippen molar-refractivity contribution in [2.75, 3.05) is 11.9 Å². The van der Waals surface area contributed by atoms with Gasteiger partial charge in [-0.3, -0.25) is 35.1 Å². The van der Waals surface area contributed by atoms with Crippen LogP contribution in [0.25, 0.3) is 11.3 Å². The highest BCUT2D eigenvalue weighted by molar-refractivity contribution is 7.14. The van der Waals surface area contributed by atoms with Crippen LogP contribution in [0.2, 0.25) is 0 Å². The van der Waals surface area contributed by atoms with Crippen LogP contribution in [0.3, 0.4) is 0 Å². The molecule has 13 heteroatoms. The average Bonchev–Trinajstić information content (AvgIpc) is 3.26. The van der Waals surface area contributed by atoms with Crippen molar-refractivity contribution in [1.82, 2.24) is 10.3 Å². The quantitative estimate of drug-likeness (QED) is 0.378. The van der Waals surface area contributed by atoms with Gasteiger partial charge in [0.1, 0.15) is 11.3 Å². The van der Waals surface area contributed by atoms with E-state index in [-0.39, 0.29) is 28.2 Å². The highest BCUT2D eigenvalue weighted by atomic mass is 32.1. The summed E-state index contributed by atoms with van der Waals surface area (Å²) in [5, 5.41) is 29.9. The zero-order valence-electron chi connectivity index (χ0n) is 18.6. The molecule has 0 aliphatic carbocycles. The van der Waals surface area contributed by atoms with E-state index in [4.69, 9.17) is 4.74 Å². The molecule has 2 N–H and O–H groups in total. The predicted molar refractivity (Wildman–Crippen MR) is 127 cm³/mol. The van der Waals surface area contributed by atoms with Crippen LogP contribution in [0.5, 0.6) is 5.75 Å². The van der Waals surface area contributed by atoms with Crippen molar-refractivity contribution < 1.29 is 24.2 Å². The Morgan fingerprint density at radius 1 is 1.14 bits per heavy atom. The van der Waals surface area contributed by atoms with E-state index in [1.165, 1.54) is 13.8 Å². The maximum atomic E-state index is 12.7. The van der Waals surface area contributed by atoms with Crippen LogP contribution < -0.4 is 15.4 Å². The molecule has 0 saturated carbocycles. The summed E-state index contributed by atoms with van der Waals surface area (Å²) >= 11 is 1.13. The third-order valence-electron chi connectivity index (χ3n) is 5.46. The van der Waals surface area contributed by atoms with Crippen LogP contribution in [0.15, 0.2) is 35.7 Å². The minimum Gasteiger partial charge on any atom is -0.493 e. The molecule has 4 rings (SSSR count). The fourth-order valence-corrected chi connectivity index (χ4v) is 4.49. The number of carbonyl (C=O) groups excluding carboxylic acids is 2. The summed E-state index contributed by atoms with van der Waals surface area (Å²) in [5.41, 5.74) is 0.714. The molecule has 1 aromatic heterocycles. The lowest BCUT2D eigenvalue weighted by molar-refractivity contribution is -0.395. The molecule has 180 valence electrons. The van der Waals surface area contributed by atoms with Crippen LogP contribution in [0, 0.1) is 27.2 Å². The largest absolute Gasteiger partial charge is 0.493 e. The van der Waals surface area contributed by atoms with E-state index in [0.29, 0.717) is 24.5 Å². The van der Waals surface area contributed by atoms with Gasteiger partial charge in [0.05, 0.1) is 33.8 Å². The molecule has 12 nitrogen and oxygen atoms in total. The second-order valence-corrected chi connectivity index (χ2v) is 8.65. The SMILES string of the molecule is CC(=O)NC1CCOc2ccc(-c3csc(NC(=O)c4cc([N+](=O)[O-])c(C)c([N+](=O)[O-])c4)n3)cc21. The number of nitrogens with zero attached hydrogens (tertiary/aromatic N) is 3. The summed E-state index contributed by atoms with van der Waals surface area (Å²) in [6, 6.07) is 7.27. The Hall–Kier alpha value is -4.39. The highest BCUT2D eigenvalue weighted by Gasteiger charge is 2.26. The number of aromatic nitrogens is 1. The second-order valence-electron chi connectivity index (χ2n) is 7.79. The first-order chi connectivity index (χ1) is 16.6. The number of nitro benzene ring substituents is 2. The zero-order chi connectivity index (χ0) is 25.3. The van der Waals surface area contributed by atoms with Crippen molar-refractivity contribution in [3.05, 3.63) is 72.6 Å². The van der Waals surface area contributed by atoms with E-state index in [1.54, 1.807) is 11.4 Å². The van der Waals surface area contributed by atoms with Crippen molar-refractivity contribution in [1.29, 1.82) is 0 Å². The molecule has 3 aromatic rings. The topological polar surface area (TPSA) is 167 Å². The van der Waals surface area contributed by atoms with E-state index in [9.17, 15) is 29.8 Å². The molecule has 0 saturated heterocycles. The van der Waals surface area contributed by atoms with Gasteiger partial charge in [-0.1, -0.05) is 0 Å². The number of nitro groups is 2. The molecular weight excluding hydrogens is 478 g/mol. The van der Waals surface area contributed by atoms with Gasteiger partial charge in [0.2, 0.25) is 5.91 Å². The summed E-state index contributed by atoms with van der Waals surface area (Å²) in [4.78, 5) is 49.7. The number of carbonyl (C=O) groups is 2. The Kier molecular flexibility index (Phi) is 6.42. The van der Waals surface area contributed by atoms with Crippen molar-refractivity contribution in [3.63, 3.8) is 0 Å². The Bertz CT molecular complexity index is 1330. The van der Waals surface area contributed by atoms with E-state index in [0.717, 1.165) is 34.6 Å². The fourth-order valence-electron chi connectivity index (χ4n) is 3.78. The molecule has 0 fully saturated rings. The number of anilines is 1. The third-order valence-corrected chi connectivity index (χ3v) is 6.21. The van der Waals surface area contributed by atoms with E-state index < -0.39 is 27.1 Å². The van der Waals surface area contributed by atoms with E-state index in [2.05, 4.69) is 15.6 Å². The highest BCUT2D eigenvalue weighted by Crippen LogP contribution is 2.36. The summed E-state index contributed by atoms with van der Waals surface area (Å²) in [7, 11) is 0. The van der Waals surface area contributed by atoms with Crippen LogP contribution in [-0.2, 0) is 4.79 Å². The average molecular weight is 497 g/mol. The number of rotatable bonds is 6. The summed E-state index contributed by atoms with van der Waals surface area (Å²) in [6.45, 7) is 3.19. The first-order valence-electron chi connectivity index (χ1n) is 10.4. The van der Waals surface area contributed by atoms with Crippen LogP contribution in [-0.4, -0.2) is 33.3 Å². The lowest BCUT2D eigenvalue weighted by atomic mass is 9.97. The molecule has 0 bridgehead atoms. The third kappa shape index (κ3) is 4.94. The Labute approximate surface area is 202 Å². The smallest absolute Gasteiger partial charge is 0.279 e. The first-order valence-corrected chi connectivity index (χ1v) is 11.3. The maximum Gasteiger partial charge on any atom is 0.279 e. The van der Waals surface area contributed by atoms with Crippen molar-refractivity contribution in [2.24, 2.45) is 0 Å². The number of thiazole rings is 1. The molecule has 1 atom stereocenters. The minimum absolute atomic E-state index is 0.137. The zero-order valence-corrected chi connectivity index (χ0v) is 19.4. The molecule has 1 aliphatic heterocycles. The predicted octanol–water partition coefficient (Wildman–Crippen LogP) is 4.15. The van der Waals surface area contributed by atoms with Crippen molar-refractivity contribution in [2.45, 2.75) is 26.3 Å². The summed E-state index contributed by atoms with van der Waals surface area (Å²) in [5.74, 6) is -0.241. The number of nitrogens with one attached hydrogen (secondary N) is 2. The van der Waals surface area contributed by atoms with E-state index >= 15 is 0 Å². The maximum absolute atomic E-state index is 12.7. The molecule has 35 heavy (non-hydrogen) atoms. The van der Waals surface area contributed by atoms with Gasteiger partial charge in [0.25, 0.3) is 17.3 Å². The van der Waals surface area contributed by atoms with Crippen LogP contribution >= 0.6 is 11.3 Å². The first kappa shape index (κ1) is 23.8. The monoisotopic (exact) mass is 497 g/mol. The van der Waals surface area contributed by atoms with Crippen molar-refractivity contribution in [3.8, 4) is 17.0 Å². The molecular formula is C22H19N5O7S. The van der Waals surface area contributed by atoms with E-state index in [1.807, 2.05) is 12.1 Å². The molecule has 2 heterocycles.